The van der Waals surface area contributed by atoms with Crippen molar-refractivity contribution in [2.24, 2.45) is 0 Å². The van der Waals surface area contributed by atoms with Crippen LogP contribution in [0, 0.1) is 6.92 Å². The average Bonchev–Trinajstić information content (AvgIpc) is 2.77. The first kappa shape index (κ1) is 16.6. The third-order valence-corrected chi connectivity index (χ3v) is 7.03. The van der Waals surface area contributed by atoms with Crippen LogP contribution < -0.4 is 11.1 Å². The molecule has 0 aliphatic carbocycles. The van der Waals surface area contributed by atoms with Gasteiger partial charge in [-0.1, -0.05) is 6.07 Å². The number of sulfone groups is 1. The number of rotatable bonds is 2. The van der Waals surface area contributed by atoms with Gasteiger partial charge in [0.1, 0.15) is 0 Å². The SMILES string of the molecule is CC1=C(C)S(=O)(=O)c2cc3c(Nc4cc(N)ccc4C)ccnc3cc21. The average molecular weight is 365 g/mol. The molecule has 0 bridgehead atoms. The van der Waals surface area contributed by atoms with Crippen molar-refractivity contribution in [3.8, 4) is 0 Å². The van der Waals surface area contributed by atoms with Crippen molar-refractivity contribution in [3.05, 3.63) is 58.6 Å². The number of nitrogens with two attached hydrogens (primary N) is 1. The van der Waals surface area contributed by atoms with E-state index in [2.05, 4.69) is 10.3 Å². The minimum absolute atomic E-state index is 0.348. The van der Waals surface area contributed by atoms with Crippen LogP contribution in [0.5, 0.6) is 0 Å². The topological polar surface area (TPSA) is 85.1 Å². The lowest BCUT2D eigenvalue weighted by Gasteiger charge is -2.13. The van der Waals surface area contributed by atoms with Gasteiger partial charge >= 0.3 is 0 Å². The number of allylic oxidation sites excluding steroid dienone is 2. The highest BCUT2D eigenvalue weighted by Crippen LogP contribution is 2.41. The maximum atomic E-state index is 12.7. The Labute approximate surface area is 152 Å². The molecule has 3 aromatic rings. The van der Waals surface area contributed by atoms with Crippen LogP contribution in [0.15, 0.2) is 52.4 Å². The van der Waals surface area contributed by atoms with Gasteiger partial charge in [0.2, 0.25) is 9.84 Å². The second-order valence-electron chi connectivity index (χ2n) is 6.61. The Hall–Kier alpha value is -2.86. The van der Waals surface area contributed by atoms with Gasteiger partial charge in [-0.3, -0.25) is 4.98 Å². The molecule has 1 aromatic heterocycles. The Kier molecular flexibility index (Phi) is 3.56. The molecule has 0 saturated heterocycles. The highest BCUT2D eigenvalue weighted by molar-refractivity contribution is 7.95. The predicted octanol–water partition coefficient (Wildman–Crippen LogP) is 4.41. The van der Waals surface area contributed by atoms with Crippen molar-refractivity contribution in [2.45, 2.75) is 25.7 Å². The van der Waals surface area contributed by atoms with Gasteiger partial charge in [0.05, 0.1) is 10.4 Å². The molecule has 0 spiro atoms. The highest BCUT2D eigenvalue weighted by atomic mass is 32.2. The van der Waals surface area contributed by atoms with Crippen LogP contribution in [0.25, 0.3) is 16.5 Å². The fourth-order valence-electron chi connectivity index (χ4n) is 3.27. The summed E-state index contributed by atoms with van der Waals surface area (Å²) in [5.74, 6) is 0. The summed E-state index contributed by atoms with van der Waals surface area (Å²) in [5, 5.41) is 4.13. The number of nitrogens with zero attached hydrogens (tertiary/aromatic N) is 1. The zero-order valence-corrected chi connectivity index (χ0v) is 15.6. The summed E-state index contributed by atoms with van der Waals surface area (Å²) in [6.45, 7) is 5.48. The zero-order chi connectivity index (χ0) is 18.6. The number of pyridine rings is 1. The van der Waals surface area contributed by atoms with E-state index in [1.165, 1.54) is 0 Å². The van der Waals surface area contributed by atoms with E-state index < -0.39 is 9.84 Å². The Morgan fingerprint density at radius 1 is 1.00 bits per heavy atom. The molecule has 2 aromatic carbocycles. The van der Waals surface area contributed by atoms with E-state index in [0.717, 1.165) is 39.0 Å². The number of benzene rings is 2. The van der Waals surface area contributed by atoms with E-state index in [-0.39, 0.29) is 0 Å². The number of fused-ring (bicyclic) bond motifs is 2. The Morgan fingerprint density at radius 2 is 1.77 bits per heavy atom. The van der Waals surface area contributed by atoms with Gasteiger partial charge in [0, 0.05) is 33.6 Å². The lowest BCUT2D eigenvalue weighted by Crippen LogP contribution is -2.00. The van der Waals surface area contributed by atoms with E-state index in [1.54, 1.807) is 19.2 Å². The Bertz CT molecular complexity index is 1210. The van der Waals surface area contributed by atoms with Crippen LogP contribution in [0.3, 0.4) is 0 Å². The maximum absolute atomic E-state index is 12.7. The summed E-state index contributed by atoms with van der Waals surface area (Å²) in [4.78, 5) is 5.18. The molecule has 0 unspecified atom stereocenters. The van der Waals surface area contributed by atoms with E-state index in [0.29, 0.717) is 15.5 Å². The number of hydrogen-bond donors (Lipinski definition) is 2. The molecule has 1 aliphatic heterocycles. The summed E-state index contributed by atoms with van der Waals surface area (Å²) in [5.41, 5.74) is 11.6. The van der Waals surface area contributed by atoms with Crippen LogP contribution in [0.1, 0.15) is 25.0 Å². The Morgan fingerprint density at radius 3 is 2.54 bits per heavy atom. The van der Waals surface area contributed by atoms with Crippen molar-refractivity contribution < 1.29 is 8.42 Å². The van der Waals surface area contributed by atoms with Gasteiger partial charge in [-0.05, 0) is 67.8 Å². The van der Waals surface area contributed by atoms with Gasteiger partial charge in [-0.25, -0.2) is 8.42 Å². The largest absolute Gasteiger partial charge is 0.399 e. The predicted molar refractivity (Wildman–Crippen MR) is 106 cm³/mol. The summed E-state index contributed by atoms with van der Waals surface area (Å²) >= 11 is 0. The van der Waals surface area contributed by atoms with E-state index >= 15 is 0 Å². The first-order valence-electron chi connectivity index (χ1n) is 8.28. The standard InChI is InChI=1S/C20H19N3O2S/c1-11-4-5-14(21)8-18(11)23-17-6-7-22-19-9-15-12(2)13(3)26(24,25)20(15)10-16(17)19/h4-10H,21H2,1-3H3,(H,22,23). The number of nitrogen functional groups attached to an aromatic ring is 1. The summed E-state index contributed by atoms with van der Waals surface area (Å²) in [6.07, 6.45) is 1.72. The number of nitrogens with one attached hydrogen (secondary N) is 1. The molecule has 0 saturated carbocycles. The normalized spacial score (nSPS) is 15.3. The second-order valence-corrected chi connectivity index (χ2v) is 8.67. The first-order chi connectivity index (χ1) is 12.3. The fourth-order valence-corrected chi connectivity index (χ4v) is 4.89. The van der Waals surface area contributed by atoms with E-state index in [4.69, 9.17) is 5.73 Å². The molecular weight excluding hydrogens is 346 g/mol. The highest BCUT2D eigenvalue weighted by Gasteiger charge is 2.31. The summed E-state index contributed by atoms with van der Waals surface area (Å²) in [6, 6.07) is 11.1. The summed E-state index contributed by atoms with van der Waals surface area (Å²) < 4.78 is 25.4. The molecule has 0 amide bonds. The Balaban J connectivity index is 1.92. The molecule has 132 valence electrons. The molecular formula is C20H19N3O2S. The van der Waals surface area contributed by atoms with Gasteiger partial charge in [-0.2, -0.15) is 0 Å². The molecule has 1 aliphatic rings. The lowest BCUT2D eigenvalue weighted by atomic mass is 10.0. The number of anilines is 3. The molecule has 5 nitrogen and oxygen atoms in total. The quantitative estimate of drug-likeness (QED) is 0.657. The molecule has 26 heavy (non-hydrogen) atoms. The van der Waals surface area contributed by atoms with Crippen LogP contribution in [-0.2, 0) is 9.84 Å². The number of aryl methyl sites for hydroxylation is 1. The first-order valence-corrected chi connectivity index (χ1v) is 9.76. The molecule has 0 fully saturated rings. The molecule has 6 heteroatoms. The second kappa shape index (κ2) is 5.57. The van der Waals surface area contributed by atoms with Crippen molar-refractivity contribution in [2.75, 3.05) is 11.1 Å². The smallest absolute Gasteiger partial charge is 0.203 e. The minimum Gasteiger partial charge on any atom is -0.399 e. The third-order valence-electron chi connectivity index (χ3n) is 5.00. The van der Waals surface area contributed by atoms with Crippen molar-refractivity contribution >= 4 is 43.4 Å². The van der Waals surface area contributed by atoms with Crippen LogP contribution >= 0.6 is 0 Å². The minimum atomic E-state index is -3.43. The van der Waals surface area contributed by atoms with Crippen molar-refractivity contribution in [1.82, 2.24) is 4.98 Å². The van der Waals surface area contributed by atoms with Crippen LogP contribution in [0.4, 0.5) is 17.1 Å². The van der Waals surface area contributed by atoms with Gasteiger partial charge in [0.15, 0.2) is 0 Å². The van der Waals surface area contributed by atoms with E-state index in [1.807, 2.05) is 44.2 Å². The monoisotopic (exact) mass is 365 g/mol. The maximum Gasteiger partial charge on any atom is 0.203 e. The van der Waals surface area contributed by atoms with Gasteiger partial charge in [-0.15, -0.1) is 0 Å². The van der Waals surface area contributed by atoms with Crippen LogP contribution in [-0.4, -0.2) is 13.4 Å². The summed E-state index contributed by atoms with van der Waals surface area (Å²) in [7, 11) is -3.43. The molecule has 0 radical (unpaired) electrons. The van der Waals surface area contributed by atoms with Gasteiger partial charge in [0.25, 0.3) is 0 Å². The number of hydrogen-bond acceptors (Lipinski definition) is 5. The van der Waals surface area contributed by atoms with E-state index in [9.17, 15) is 8.42 Å². The molecule has 0 atom stereocenters. The van der Waals surface area contributed by atoms with Crippen molar-refractivity contribution in [1.29, 1.82) is 0 Å². The van der Waals surface area contributed by atoms with Crippen LogP contribution in [0.2, 0.25) is 0 Å². The number of aromatic nitrogens is 1. The molecule has 4 rings (SSSR count). The van der Waals surface area contributed by atoms with Crippen molar-refractivity contribution in [3.63, 3.8) is 0 Å². The lowest BCUT2D eigenvalue weighted by molar-refractivity contribution is 0.603. The molecule has 2 heterocycles. The fraction of sp³-hybridized carbons (Fsp3) is 0.150. The third kappa shape index (κ3) is 2.37. The van der Waals surface area contributed by atoms with Gasteiger partial charge < -0.3 is 11.1 Å². The molecule has 3 N–H and O–H groups in total. The zero-order valence-electron chi connectivity index (χ0n) is 14.8.